The molecular weight excluding hydrogens is 217 g/mol. The maximum absolute atomic E-state index is 13.5. The van der Waals surface area contributed by atoms with Crippen LogP contribution in [0, 0.1) is 12.7 Å². The van der Waals surface area contributed by atoms with Gasteiger partial charge < -0.3 is 10.5 Å². The summed E-state index contributed by atoms with van der Waals surface area (Å²) >= 11 is 0. The molecule has 2 aromatic rings. The third-order valence-electron chi connectivity index (χ3n) is 2.56. The molecular formula is C14H14FNO. The second-order valence-corrected chi connectivity index (χ2v) is 3.91. The van der Waals surface area contributed by atoms with Gasteiger partial charge in [0.2, 0.25) is 0 Å². The fraction of sp³-hybridized carbons (Fsp3) is 0.143. The maximum Gasteiger partial charge on any atom is 0.167 e. The molecule has 0 saturated heterocycles. The minimum Gasteiger partial charge on any atom is -0.486 e. The quantitative estimate of drug-likeness (QED) is 0.822. The largest absolute Gasteiger partial charge is 0.486 e. The summed E-state index contributed by atoms with van der Waals surface area (Å²) in [7, 11) is 0. The van der Waals surface area contributed by atoms with Crippen molar-refractivity contribution in [3.05, 3.63) is 59.4 Å². The van der Waals surface area contributed by atoms with E-state index in [9.17, 15) is 4.39 Å². The van der Waals surface area contributed by atoms with E-state index in [1.807, 2.05) is 37.3 Å². The van der Waals surface area contributed by atoms with Gasteiger partial charge in [-0.1, -0.05) is 30.3 Å². The Morgan fingerprint density at radius 2 is 1.88 bits per heavy atom. The van der Waals surface area contributed by atoms with E-state index in [4.69, 9.17) is 10.5 Å². The highest BCUT2D eigenvalue weighted by molar-refractivity contribution is 5.50. The van der Waals surface area contributed by atoms with Gasteiger partial charge in [-0.25, -0.2) is 4.39 Å². The van der Waals surface area contributed by atoms with Crippen LogP contribution in [0.15, 0.2) is 42.5 Å². The molecule has 0 heterocycles. The zero-order chi connectivity index (χ0) is 12.3. The average molecular weight is 231 g/mol. The summed E-state index contributed by atoms with van der Waals surface area (Å²) in [5.41, 5.74) is 7.86. The van der Waals surface area contributed by atoms with Gasteiger partial charge in [0.15, 0.2) is 11.6 Å². The van der Waals surface area contributed by atoms with Crippen molar-refractivity contribution in [2.45, 2.75) is 13.5 Å². The molecule has 0 aliphatic carbocycles. The zero-order valence-electron chi connectivity index (χ0n) is 9.61. The first-order valence-electron chi connectivity index (χ1n) is 5.39. The number of anilines is 1. The van der Waals surface area contributed by atoms with Crippen LogP contribution < -0.4 is 10.5 Å². The number of aryl methyl sites for hydroxylation is 1. The first-order valence-corrected chi connectivity index (χ1v) is 5.39. The van der Waals surface area contributed by atoms with Crippen LogP contribution in [-0.2, 0) is 6.61 Å². The molecule has 2 aromatic carbocycles. The van der Waals surface area contributed by atoms with Crippen LogP contribution in [0.2, 0.25) is 0 Å². The monoisotopic (exact) mass is 231 g/mol. The van der Waals surface area contributed by atoms with Crippen LogP contribution in [0.4, 0.5) is 10.1 Å². The van der Waals surface area contributed by atoms with Crippen LogP contribution in [0.5, 0.6) is 5.75 Å². The van der Waals surface area contributed by atoms with Crippen molar-refractivity contribution < 1.29 is 9.13 Å². The Labute approximate surface area is 99.8 Å². The lowest BCUT2D eigenvalue weighted by molar-refractivity contribution is 0.290. The van der Waals surface area contributed by atoms with Gasteiger partial charge in [-0.3, -0.25) is 0 Å². The first kappa shape index (κ1) is 11.5. The Balaban J connectivity index is 2.12. The smallest absolute Gasteiger partial charge is 0.167 e. The molecule has 0 amide bonds. The van der Waals surface area contributed by atoms with Crippen LogP contribution >= 0.6 is 0 Å². The summed E-state index contributed by atoms with van der Waals surface area (Å²) < 4.78 is 19.0. The minimum atomic E-state index is -0.427. The molecule has 0 unspecified atom stereocenters. The fourth-order valence-electron chi connectivity index (χ4n) is 1.52. The molecule has 3 heteroatoms. The average Bonchev–Trinajstić information content (AvgIpc) is 2.33. The number of benzene rings is 2. The lowest BCUT2D eigenvalue weighted by Gasteiger charge is -2.09. The third-order valence-corrected chi connectivity index (χ3v) is 2.56. The highest BCUT2D eigenvalue weighted by Gasteiger charge is 2.06. The lowest BCUT2D eigenvalue weighted by atomic mass is 10.2. The maximum atomic E-state index is 13.5. The Kier molecular flexibility index (Phi) is 3.28. The van der Waals surface area contributed by atoms with E-state index in [-0.39, 0.29) is 5.75 Å². The Bertz CT molecular complexity index is 511. The van der Waals surface area contributed by atoms with E-state index in [2.05, 4.69) is 0 Å². The standard InChI is InChI=1S/C14H14FNO/c1-10-7-14(12(15)8-13(10)16)17-9-11-5-3-2-4-6-11/h2-8H,9,16H2,1H3. The Hall–Kier alpha value is -2.03. The van der Waals surface area contributed by atoms with E-state index >= 15 is 0 Å². The number of rotatable bonds is 3. The van der Waals surface area contributed by atoms with E-state index in [0.717, 1.165) is 11.1 Å². The number of ether oxygens (including phenoxy) is 1. The molecule has 2 rings (SSSR count). The lowest BCUT2D eigenvalue weighted by Crippen LogP contribution is -1.99. The SMILES string of the molecule is Cc1cc(OCc2ccccc2)c(F)cc1N. The number of hydrogen-bond donors (Lipinski definition) is 1. The van der Waals surface area contributed by atoms with Gasteiger partial charge in [0.1, 0.15) is 6.61 Å². The van der Waals surface area contributed by atoms with Gasteiger partial charge in [-0.2, -0.15) is 0 Å². The second kappa shape index (κ2) is 4.87. The topological polar surface area (TPSA) is 35.2 Å². The van der Waals surface area contributed by atoms with Crippen molar-refractivity contribution in [3.63, 3.8) is 0 Å². The van der Waals surface area contributed by atoms with Crippen molar-refractivity contribution in [1.29, 1.82) is 0 Å². The highest BCUT2D eigenvalue weighted by Crippen LogP contribution is 2.24. The minimum absolute atomic E-state index is 0.237. The van der Waals surface area contributed by atoms with Crippen molar-refractivity contribution in [3.8, 4) is 5.75 Å². The summed E-state index contributed by atoms with van der Waals surface area (Å²) in [6.45, 7) is 2.17. The van der Waals surface area contributed by atoms with Gasteiger partial charge >= 0.3 is 0 Å². The predicted molar refractivity (Wildman–Crippen MR) is 66.3 cm³/mol. The summed E-state index contributed by atoms with van der Waals surface area (Å²) in [6, 6.07) is 12.5. The van der Waals surface area contributed by atoms with Gasteiger partial charge in [0.05, 0.1) is 0 Å². The van der Waals surface area contributed by atoms with Gasteiger partial charge in [0, 0.05) is 11.8 Å². The molecule has 0 saturated carbocycles. The van der Waals surface area contributed by atoms with Crippen LogP contribution in [0.1, 0.15) is 11.1 Å². The molecule has 0 aliphatic rings. The van der Waals surface area contributed by atoms with Crippen LogP contribution in [0.3, 0.4) is 0 Å². The molecule has 2 nitrogen and oxygen atoms in total. The number of halogens is 1. The van der Waals surface area contributed by atoms with Crippen molar-refractivity contribution in [2.24, 2.45) is 0 Å². The molecule has 0 aliphatic heterocycles. The van der Waals surface area contributed by atoms with Crippen molar-refractivity contribution >= 4 is 5.69 Å². The third kappa shape index (κ3) is 2.75. The van der Waals surface area contributed by atoms with Gasteiger partial charge in [-0.05, 0) is 24.1 Å². The summed E-state index contributed by atoms with van der Waals surface area (Å²) in [6.07, 6.45) is 0. The Morgan fingerprint density at radius 1 is 1.18 bits per heavy atom. The molecule has 0 aromatic heterocycles. The van der Waals surface area contributed by atoms with Gasteiger partial charge in [-0.15, -0.1) is 0 Å². The van der Waals surface area contributed by atoms with E-state index in [0.29, 0.717) is 12.3 Å². The van der Waals surface area contributed by atoms with Crippen LogP contribution in [0.25, 0.3) is 0 Å². The summed E-state index contributed by atoms with van der Waals surface area (Å²) in [5.74, 6) is -0.190. The molecule has 0 radical (unpaired) electrons. The molecule has 88 valence electrons. The highest BCUT2D eigenvalue weighted by atomic mass is 19.1. The first-order chi connectivity index (χ1) is 8.16. The van der Waals surface area contributed by atoms with Crippen LogP contribution in [-0.4, -0.2) is 0 Å². The molecule has 0 atom stereocenters. The van der Waals surface area contributed by atoms with Gasteiger partial charge in [0.25, 0.3) is 0 Å². The molecule has 0 fully saturated rings. The fourth-order valence-corrected chi connectivity index (χ4v) is 1.52. The van der Waals surface area contributed by atoms with Crippen molar-refractivity contribution in [1.82, 2.24) is 0 Å². The normalized spacial score (nSPS) is 10.2. The summed E-state index contributed by atoms with van der Waals surface area (Å²) in [4.78, 5) is 0. The molecule has 2 N–H and O–H groups in total. The number of nitrogens with two attached hydrogens (primary N) is 1. The Morgan fingerprint density at radius 3 is 2.59 bits per heavy atom. The van der Waals surface area contributed by atoms with E-state index in [1.165, 1.54) is 6.07 Å². The zero-order valence-corrected chi connectivity index (χ0v) is 9.61. The predicted octanol–water partition coefficient (Wildman–Crippen LogP) is 3.30. The second-order valence-electron chi connectivity index (χ2n) is 3.91. The van der Waals surface area contributed by atoms with E-state index < -0.39 is 5.82 Å². The van der Waals surface area contributed by atoms with Crippen molar-refractivity contribution in [2.75, 3.05) is 5.73 Å². The number of nitrogen functional groups attached to an aromatic ring is 1. The molecule has 0 bridgehead atoms. The molecule has 17 heavy (non-hydrogen) atoms. The molecule has 0 spiro atoms. The summed E-state index contributed by atoms with van der Waals surface area (Å²) in [5, 5.41) is 0. The van der Waals surface area contributed by atoms with E-state index in [1.54, 1.807) is 6.07 Å². The number of hydrogen-bond acceptors (Lipinski definition) is 2.